The minimum atomic E-state index is -1.60. The van der Waals surface area contributed by atoms with Gasteiger partial charge < -0.3 is 20.4 Å². The number of carbonyl (C=O) groups excluding carboxylic acids is 1. The number of methoxy groups -OCH3 is 1. The van der Waals surface area contributed by atoms with Crippen molar-refractivity contribution in [3.05, 3.63) is 81.0 Å². The summed E-state index contributed by atoms with van der Waals surface area (Å²) in [6.07, 6.45) is 1.12. The molecule has 0 saturated carbocycles. The summed E-state index contributed by atoms with van der Waals surface area (Å²) >= 11 is 0. The van der Waals surface area contributed by atoms with Gasteiger partial charge in [0.25, 0.3) is 11.5 Å². The van der Waals surface area contributed by atoms with Crippen LogP contribution in [0.1, 0.15) is 21.5 Å². The van der Waals surface area contributed by atoms with Crippen LogP contribution in [0.15, 0.2) is 41.3 Å². The number of nitrogens with two attached hydrogens (primary N) is 1. The topological polar surface area (TPSA) is 99.2 Å². The van der Waals surface area contributed by atoms with Gasteiger partial charge in [-0.1, -0.05) is 0 Å². The van der Waals surface area contributed by atoms with Crippen molar-refractivity contribution in [2.24, 2.45) is 5.73 Å². The van der Waals surface area contributed by atoms with Gasteiger partial charge in [-0.15, -0.1) is 0 Å². The number of nitrogens with one attached hydrogen (secondary N) is 1. The quantitative estimate of drug-likeness (QED) is 0.600. The zero-order valence-corrected chi connectivity index (χ0v) is 16.0. The molecule has 0 spiro atoms. The van der Waals surface area contributed by atoms with Gasteiger partial charge in [0.15, 0.2) is 17.5 Å². The molecule has 7 nitrogen and oxygen atoms in total. The van der Waals surface area contributed by atoms with Crippen molar-refractivity contribution in [1.82, 2.24) is 9.55 Å². The second-order valence-corrected chi connectivity index (χ2v) is 6.45. The zero-order chi connectivity index (χ0) is 22.0. The SMILES string of the molecule is COc1ccc(Nc2nc(=O)c(C(N)=O)cn2Cc2cc(F)c(F)c(F)c2)c(C)c1. The third-order valence-corrected chi connectivity index (χ3v) is 4.34. The number of nitrogens with zero attached hydrogens (tertiary/aromatic N) is 2. The van der Waals surface area contributed by atoms with Gasteiger partial charge in [0.05, 0.1) is 13.7 Å². The number of anilines is 2. The van der Waals surface area contributed by atoms with E-state index in [1.807, 2.05) is 0 Å². The number of carbonyl (C=O) groups is 1. The summed E-state index contributed by atoms with van der Waals surface area (Å²) in [7, 11) is 1.52. The fourth-order valence-corrected chi connectivity index (χ4v) is 2.80. The maximum atomic E-state index is 13.6. The minimum absolute atomic E-state index is 0.0107. The van der Waals surface area contributed by atoms with E-state index < -0.39 is 34.5 Å². The lowest BCUT2D eigenvalue weighted by atomic mass is 10.2. The molecule has 0 fully saturated rings. The molecule has 3 aromatic rings. The number of ether oxygens (including phenoxy) is 1. The highest BCUT2D eigenvalue weighted by Gasteiger charge is 2.16. The van der Waals surface area contributed by atoms with E-state index in [4.69, 9.17) is 10.5 Å². The number of benzene rings is 2. The maximum absolute atomic E-state index is 13.6. The van der Waals surface area contributed by atoms with Crippen LogP contribution in [0.3, 0.4) is 0 Å². The predicted molar refractivity (Wildman–Crippen MR) is 103 cm³/mol. The monoisotopic (exact) mass is 418 g/mol. The lowest BCUT2D eigenvalue weighted by molar-refractivity contribution is 0.0998. The largest absolute Gasteiger partial charge is 0.497 e. The maximum Gasteiger partial charge on any atom is 0.287 e. The third kappa shape index (κ3) is 4.27. The van der Waals surface area contributed by atoms with Gasteiger partial charge in [-0.2, -0.15) is 4.98 Å². The molecule has 1 aromatic heterocycles. The Balaban J connectivity index is 2.07. The molecule has 156 valence electrons. The van der Waals surface area contributed by atoms with E-state index in [0.717, 1.165) is 23.9 Å². The Kier molecular flexibility index (Phi) is 5.77. The molecule has 0 saturated heterocycles. The first-order chi connectivity index (χ1) is 14.2. The van der Waals surface area contributed by atoms with E-state index in [1.54, 1.807) is 25.1 Å². The number of rotatable bonds is 6. The first-order valence-corrected chi connectivity index (χ1v) is 8.66. The van der Waals surface area contributed by atoms with Crippen LogP contribution < -0.4 is 21.3 Å². The van der Waals surface area contributed by atoms with Crippen molar-refractivity contribution in [2.75, 3.05) is 12.4 Å². The second-order valence-electron chi connectivity index (χ2n) is 6.45. The first kappa shape index (κ1) is 20.9. The number of amides is 1. The van der Waals surface area contributed by atoms with Gasteiger partial charge in [0.2, 0.25) is 5.95 Å². The van der Waals surface area contributed by atoms with Crippen LogP contribution >= 0.6 is 0 Å². The molecule has 30 heavy (non-hydrogen) atoms. The van der Waals surface area contributed by atoms with Crippen molar-refractivity contribution in [3.8, 4) is 5.75 Å². The van der Waals surface area contributed by atoms with Crippen LogP contribution in [0.25, 0.3) is 0 Å². The Morgan fingerprint density at radius 1 is 1.20 bits per heavy atom. The van der Waals surface area contributed by atoms with E-state index >= 15 is 0 Å². The molecule has 3 rings (SSSR count). The predicted octanol–water partition coefficient (Wildman–Crippen LogP) is 2.87. The van der Waals surface area contributed by atoms with E-state index in [2.05, 4.69) is 10.3 Å². The summed E-state index contributed by atoms with van der Waals surface area (Å²) in [6.45, 7) is 1.56. The number of hydrogen-bond acceptors (Lipinski definition) is 5. The lowest BCUT2D eigenvalue weighted by Gasteiger charge is -2.17. The molecular formula is C20H17F3N4O3. The van der Waals surface area contributed by atoms with E-state index in [-0.39, 0.29) is 18.1 Å². The van der Waals surface area contributed by atoms with Gasteiger partial charge in [0, 0.05) is 11.9 Å². The molecule has 0 atom stereocenters. The Morgan fingerprint density at radius 2 is 1.87 bits per heavy atom. The molecule has 2 aromatic carbocycles. The molecule has 0 radical (unpaired) electrons. The average Bonchev–Trinajstić information content (AvgIpc) is 2.69. The summed E-state index contributed by atoms with van der Waals surface area (Å²) in [5, 5.41) is 2.94. The molecule has 3 N–H and O–H groups in total. The van der Waals surface area contributed by atoms with Crippen molar-refractivity contribution < 1.29 is 22.7 Å². The summed E-state index contributed by atoms with van der Waals surface area (Å²) in [5.41, 5.74) is 5.30. The average molecular weight is 418 g/mol. The number of halogens is 3. The Morgan fingerprint density at radius 3 is 2.43 bits per heavy atom. The highest BCUT2D eigenvalue weighted by Crippen LogP contribution is 2.24. The highest BCUT2D eigenvalue weighted by molar-refractivity contribution is 5.92. The van der Waals surface area contributed by atoms with Crippen LogP contribution in [0, 0.1) is 24.4 Å². The Bertz CT molecular complexity index is 1170. The number of aryl methyl sites for hydroxylation is 1. The zero-order valence-electron chi connectivity index (χ0n) is 16.0. The highest BCUT2D eigenvalue weighted by atomic mass is 19.2. The lowest BCUT2D eigenvalue weighted by Crippen LogP contribution is -2.27. The molecule has 1 heterocycles. The normalized spacial score (nSPS) is 10.7. The summed E-state index contributed by atoms with van der Waals surface area (Å²) < 4.78 is 46.9. The molecule has 1 amide bonds. The number of hydrogen-bond donors (Lipinski definition) is 2. The first-order valence-electron chi connectivity index (χ1n) is 8.66. The molecule has 0 unspecified atom stereocenters. The van der Waals surface area contributed by atoms with Gasteiger partial charge in [0.1, 0.15) is 11.3 Å². The molecule has 0 bridgehead atoms. The Hall–Kier alpha value is -3.82. The van der Waals surface area contributed by atoms with Crippen LogP contribution in [0.4, 0.5) is 24.8 Å². The van der Waals surface area contributed by atoms with Crippen molar-refractivity contribution in [1.29, 1.82) is 0 Å². The van der Waals surface area contributed by atoms with Crippen LogP contribution in [0.2, 0.25) is 0 Å². The molecular weight excluding hydrogens is 401 g/mol. The summed E-state index contributed by atoms with van der Waals surface area (Å²) in [4.78, 5) is 27.5. The number of aromatic nitrogens is 2. The molecule has 0 aliphatic heterocycles. The van der Waals surface area contributed by atoms with Crippen LogP contribution in [-0.4, -0.2) is 22.6 Å². The standard InChI is InChI=1S/C20H17F3N4O3/c1-10-5-12(30-2)3-4-16(10)25-20-26-19(29)13(18(24)28)9-27(20)8-11-6-14(21)17(23)15(22)7-11/h3-7,9H,8H2,1-2H3,(H2,24,28)(H,25,26,29). The van der Waals surface area contributed by atoms with Gasteiger partial charge in [-0.25, -0.2) is 13.2 Å². The molecule has 0 aliphatic rings. The van der Waals surface area contributed by atoms with Gasteiger partial charge >= 0.3 is 0 Å². The minimum Gasteiger partial charge on any atom is -0.497 e. The van der Waals surface area contributed by atoms with Crippen LogP contribution in [-0.2, 0) is 6.54 Å². The fraction of sp³-hybridized carbons (Fsp3) is 0.150. The summed E-state index contributed by atoms with van der Waals surface area (Å²) in [5.74, 6) is -4.73. The van der Waals surface area contributed by atoms with Crippen molar-refractivity contribution in [3.63, 3.8) is 0 Å². The molecule has 10 heteroatoms. The van der Waals surface area contributed by atoms with E-state index in [9.17, 15) is 22.8 Å². The van der Waals surface area contributed by atoms with Gasteiger partial charge in [-0.05, 0) is 48.4 Å². The Labute approximate surface area is 168 Å². The van der Waals surface area contributed by atoms with Crippen molar-refractivity contribution in [2.45, 2.75) is 13.5 Å². The summed E-state index contributed by atoms with van der Waals surface area (Å²) in [6, 6.07) is 6.73. The number of primary amides is 1. The van der Waals surface area contributed by atoms with Crippen molar-refractivity contribution >= 4 is 17.5 Å². The molecule has 0 aliphatic carbocycles. The van der Waals surface area contributed by atoms with Crippen LogP contribution in [0.5, 0.6) is 5.75 Å². The third-order valence-electron chi connectivity index (χ3n) is 4.34. The van der Waals surface area contributed by atoms with E-state index in [0.29, 0.717) is 11.4 Å². The van der Waals surface area contributed by atoms with E-state index in [1.165, 1.54) is 11.7 Å². The smallest absolute Gasteiger partial charge is 0.287 e. The second kappa shape index (κ2) is 8.27. The fourth-order valence-electron chi connectivity index (χ4n) is 2.80. The van der Waals surface area contributed by atoms with Gasteiger partial charge in [-0.3, -0.25) is 9.59 Å².